The molecule has 0 heterocycles. The molecule has 0 rings (SSSR count). The maximum absolute atomic E-state index is 3.76. The monoisotopic (exact) mass is 194 g/mol. The molecule has 0 unspecified atom stereocenters. The summed E-state index contributed by atoms with van der Waals surface area (Å²) in [7, 11) is 0. The Morgan fingerprint density at radius 3 is 2.36 bits per heavy atom. The molecular formula is C14H26. The van der Waals surface area contributed by atoms with Gasteiger partial charge in [0.1, 0.15) is 0 Å². The largest absolute Gasteiger partial charge is 0.103 e. The summed E-state index contributed by atoms with van der Waals surface area (Å²) in [6.07, 6.45) is 14.9. The Hall–Kier alpha value is -0.520. The Labute approximate surface area is 90.1 Å². The lowest BCUT2D eigenvalue weighted by Crippen LogP contribution is -1.85. The van der Waals surface area contributed by atoms with E-state index in [4.69, 9.17) is 0 Å². The van der Waals surface area contributed by atoms with E-state index in [1.807, 2.05) is 6.08 Å². The molecule has 0 aliphatic heterocycles. The van der Waals surface area contributed by atoms with Gasteiger partial charge in [-0.15, -0.1) is 6.58 Å². The molecule has 0 saturated carbocycles. The third-order valence-electron chi connectivity index (χ3n) is 2.68. The summed E-state index contributed by atoms with van der Waals surface area (Å²) in [5, 5.41) is 0. The van der Waals surface area contributed by atoms with Gasteiger partial charge in [-0.05, 0) is 32.6 Å². The van der Waals surface area contributed by atoms with Crippen molar-refractivity contribution in [1.29, 1.82) is 0 Å². The summed E-state index contributed by atoms with van der Waals surface area (Å²) in [4.78, 5) is 0. The smallest absolute Gasteiger partial charge is 0.0286 e. The zero-order valence-corrected chi connectivity index (χ0v) is 10.0. The fourth-order valence-corrected chi connectivity index (χ4v) is 1.66. The maximum atomic E-state index is 3.76. The predicted molar refractivity (Wildman–Crippen MR) is 66.6 cm³/mol. The van der Waals surface area contributed by atoms with Crippen LogP contribution in [0.5, 0.6) is 0 Å². The highest BCUT2D eigenvalue weighted by Gasteiger charge is 1.95. The third kappa shape index (κ3) is 8.10. The Morgan fingerprint density at radius 1 is 1.07 bits per heavy atom. The first-order valence-corrected chi connectivity index (χ1v) is 6.10. The lowest BCUT2D eigenvalue weighted by molar-refractivity contribution is 0.624. The van der Waals surface area contributed by atoms with Crippen LogP contribution >= 0.6 is 0 Å². The SMILES string of the molecule is C=CCCC(=CC)CCCCCCC. The molecule has 0 aromatic heterocycles. The van der Waals surface area contributed by atoms with E-state index < -0.39 is 0 Å². The first-order chi connectivity index (χ1) is 6.85. The van der Waals surface area contributed by atoms with Gasteiger partial charge in [0.25, 0.3) is 0 Å². The van der Waals surface area contributed by atoms with Crippen molar-refractivity contribution in [3.05, 3.63) is 24.3 Å². The van der Waals surface area contributed by atoms with Crippen LogP contribution in [0.4, 0.5) is 0 Å². The minimum Gasteiger partial charge on any atom is -0.103 e. The van der Waals surface area contributed by atoms with Gasteiger partial charge in [0.15, 0.2) is 0 Å². The summed E-state index contributed by atoms with van der Waals surface area (Å²) in [5.74, 6) is 0. The second kappa shape index (κ2) is 10.6. The molecule has 0 spiro atoms. The van der Waals surface area contributed by atoms with E-state index >= 15 is 0 Å². The highest BCUT2D eigenvalue weighted by molar-refractivity contribution is 5.01. The molecule has 0 bridgehead atoms. The van der Waals surface area contributed by atoms with Gasteiger partial charge in [0.2, 0.25) is 0 Å². The zero-order valence-electron chi connectivity index (χ0n) is 10.0. The van der Waals surface area contributed by atoms with E-state index in [9.17, 15) is 0 Å². The van der Waals surface area contributed by atoms with Crippen LogP contribution < -0.4 is 0 Å². The van der Waals surface area contributed by atoms with Crippen LogP contribution in [0.3, 0.4) is 0 Å². The van der Waals surface area contributed by atoms with Crippen LogP contribution in [-0.2, 0) is 0 Å². The molecule has 0 N–H and O–H groups in total. The van der Waals surface area contributed by atoms with Crippen molar-refractivity contribution in [3.63, 3.8) is 0 Å². The molecule has 0 nitrogen and oxygen atoms in total. The van der Waals surface area contributed by atoms with Gasteiger partial charge in [-0.2, -0.15) is 0 Å². The first-order valence-electron chi connectivity index (χ1n) is 6.10. The van der Waals surface area contributed by atoms with Crippen molar-refractivity contribution in [3.8, 4) is 0 Å². The van der Waals surface area contributed by atoms with Crippen LogP contribution in [-0.4, -0.2) is 0 Å². The van der Waals surface area contributed by atoms with E-state index in [-0.39, 0.29) is 0 Å². The molecular weight excluding hydrogens is 168 g/mol. The minimum absolute atomic E-state index is 1.13. The third-order valence-corrected chi connectivity index (χ3v) is 2.68. The molecule has 0 fully saturated rings. The zero-order chi connectivity index (χ0) is 10.6. The molecule has 0 aliphatic rings. The summed E-state index contributed by atoms with van der Waals surface area (Å²) in [6, 6.07) is 0. The highest BCUT2D eigenvalue weighted by atomic mass is 14.0. The van der Waals surface area contributed by atoms with Crippen molar-refractivity contribution >= 4 is 0 Å². The van der Waals surface area contributed by atoms with Crippen molar-refractivity contribution in [2.75, 3.05) is 0 Å². The Bertz CT molecular complexity index is 153. The summed E-state index contributed by atoms with van der Waals surface area (Å²) < 4.78 is 0. The lowest BCUT2D eigenvalue weighted by Gasteiger charge is -2.05. The summed E-state index contributed by atoms with van der Waals surface area (Å²) in [6.45, 7) is 8.18. The van der Waals surface area contributed by atoms with E-state index in [0.717, 1.165) is 6.42 Å². The van der Waals surface area contributed by atoms with Crippen molar-refractivity contribution in [1.82, 2.24) is 0 Å². The van der Waals surface area contributed by atoms with E-state index in [0.29, 0.717) is 0 Å². The van der Waals surface area contributed by atoms with E-state index in [1.165, 1.54) is 44.9 Å². The van der Waals surface area contributed by atoms with Crippen molar-refractivity contribution in [2.24, 2.45) is 0 Å². The highest BCUT2D eigenvalue weighted by Crippen LogP contribution is 2.15. The van der Waals surface area contributed by atoms with Gasteiger partial charge in [0, 0.05) is 0 Å². The number of hydrogen-bond donors (Lipinski definition) is 0. The molecule has 0 aliphatic carbocycles. The van der Waals surface area contributed by atoms with Crippen molar-refractivity contribution < 1.29 is 0 Å². The Kier molecular flexibility index (Phi) is 10.2. The average molecular weight is 194 g/mol. The van der Waals surface area contributed by atoms with Crippen LogP contribution in [0.15, 0.2) is 24.3 Å². The maximum Gasteiger partial charge on any atom is -0.0286 e. The Morgan fingerprint density at radius 2 is 1.79 bits per heavy atom. The van der Waals surface area contributed by atoms with E-state index in [1.54, 1.807) is 5.57 Å². The van der Waals surface area contributed by atoms with Gasteiger partial charge in [-0.3, -0.25) is 0 Å². The fourth-order valence-electron chi connectivity index (χ4n) is 1.66. The molecule has 0 amide bonds. The first kappa shape index (κ1) is 13.5. The van der Waals surface area contributed by atoms with Gasteiger partial charge in [-0.1, -0.05) is 50.3 Å². The average Bonchev–Trinajstić information content (AvgIpc) is 2.22. The number of rotatable bonds is 9. The van der Waals surface area contributed by atoms with Crippen LogP contribution in [0.1, 0.15) is 65.2 Å². The van der Waals surface area contributed by atoms with Crippen LogP contribution in [0.2, 0.25) is 0 Å². The Balaban J connectivity index is 3.39. The molecule has 0 aromatic rings. The second-order valence-corrected chi connectivity index (χ2v) is 3.94. The van der Waals surface area contributed by atoms with Gasteiger partial charge < -0.3 is 0 Å². The summed E-state index contributed by atoms with van der Waals surface area (Å²) >= 11 is 0. The van der Waals surface area contributed by atoms with Gasteiger partial charge >= 0.3 is 0 Å². The second-order valence-electron chi connectivity index (χ2n) is 3.94. The normalized spacial score (nSPS) is 11.7. The number of unbranched alkanes of at least 4 members (excludes halogenated alkanes) is 4. The molecule has 0 atom stereocenters. The topological polar surface area (TPSA) is 0 Å². The minimum atomic E-state index is 1.13. The van der Waals surface area contributed by atoms with Gasteiger partial charge in [-0.25, -0.2) is 0 Å². The summed E-state index contributed by atoms with van der Waals surface area (Å²) in [5.41, 5.74) is 1.61. The lowest BCUT2D eigenvalue weighted by atomic mass is 10.0. The molecule has 0 radical (unpaired) electrons. The van der Waals surface area contributed by atoms with Crippen LogP contribution in [0.25, 0.3) is 0 Å². The molecule has 82 valence electrons. The standard InChI is InChI=1S/C14H26/c1-4-7-9-10-11-13-14(6-3)12-8-5-2/h5-6H,2,4,7-13H2,1,3H3. The number of hydrogen-bond acceptors (Lipinski definition) is 0. The molecule has 14 heavy (non-hydrogen) atoms. The van der Waals surface area contributed by atoms with Crippen molar-refractivity contribution in [2.45, 2.75) is 65.2 Å². The molecule has 0 heteroatoms. The number of allylic oxidation sites excluding steroid dienone is 3. The quantitative estimate of drug-likeness (QED) is 0.347. The fraction of sp³-hybridized carbons (Fsp3) is 0.714. The molecule has 0 saturated heterocycles. The molecule has 0 aromatic carbocycles. The van der Waals surface area contributed by atoms with Gasteiger partial charge in [0.05, 0.1) is 0 Å². The predicted octanol–water partition coefficient (Wildman–Crippen LogP) is 5.26. The van der Waals surface area contributed by atoms with Crippen LogP contribution in [0, 0.1) is 0 Å². The van der Waals surface area contributed by atoms with E-state index in [2.05, 4.69) is 26.5 Å².